The maximum atomic E-state index is 4.03. The second kappa shape index (κ2) is 5.67. The van der Waals surface area contributed by atoms with E-state index in [9.17, 15) is 0 Å². The van der Waals surface area contributed by atoms with E-state index in [0.717, 1.165) is 19.6 Å². The highest BCUT2D eigenvalue weighted by Crippen LogP contribution is 2.29. The van der Waals surface area contributed by atoms with E-state index in [0.29, 0.717) is 0 Å². The zero-order valence-corrected chi connectivity index (χ0v) is 12.1. The molecule has 2 aromatic heterocycles. The molecule has 18 heavy (non-hydrogen) atoms. The van der Waals surface area contributed by atoms with Crippen molar-refractivity contribution in [3.8, 4) is 0 Å². The van der Waals surface area contributed by atoms with Crippen LogP contribution in [0, 0.1) is 0 Å². The Morgan fingerprint density at radius 3 is 2.78 bits per heavy atom. The fourth-order valence-corrected chi connectivity index (χ4v) is 2.75. The lowest BCUT2D eigenvalue weighted by atomic mass is 9.95. The zero-order valence-electron chi connectivity index (χ0n) is 11.3. The lowest BCUT2D eigenvalue weighted by molar-refractivity contribution is 0.600. The number of thiophene rings is 1. The molecule has 4 heteroatoms. The van der Waals surface area contributed by atoms with Crippen molar-refractivity contribution in [3.63, 3.8) is 0 Å². The highest BCUT2D eigenvalue weighted by molar-refractivity contribution is 7.12. The number of nitrogens with one attached hydrogen (secondary N) is 1. The van der Waals surface area contributed by atoms with Crippen LogP contribution >= 0.6 is 11.3 Å². The Hall–Kier alpha value is -1.13. The van der Waals surface area contributed by atoms with Crippen molar-refractivity contribution in [2.45, 2.75) is 39.3 Å². The van der Waals surface area contributed by atoms with Gasteiger partial charge in [0, 0.05) is 41.8 Å². The zero-order chi connectivity index (χ0) is 13.0. The maximum Gasteiger partial charge on any atom is 0.0946 e. The largest absolute Gasteiger partial charge is 0.336 e. The molecule has 3 nitrogen and oxygen atoms in total. The molecule has 98 valence electrons. The van der Waals surface area contributed by atoms with Crippen molar-refractivity contribution in [1.82, 2.24) is 14.9 Å². The third-order valence-corrected chi connectivity index (χ3v) is 4.32. The van der Waals surface area contributed by atoms with E-state index in [2.05, 4.69) is 47.8 Å². The Morgan fingerprint density at radius 2 is 2.17 bits per heavy atom. The molecule has 0 saturated heterocycles. The first-order valence-corrected chi connectivity index (χ1v) is 7.13. The highest BCUT2D eigenvalue weighted by atomic mass is 32.1. The monoisotopic (exact) mass is 263 g/mol. The first kappa shape index (κ1) is 13.3. The molecule has 1 N–H and O–H groups in total. The predicted octanol–water partition coefficient (Wildman–Crippen LogP) is 3.03. The molecule has 0 aliphatic heterocycles. The standard InChI is InChI=1S/C14H21N3S/c1-14(2,3)13-5-4-12(18-13)10-15-6-8-17-9-7-16-11-17/h4-5,7,9,11,15H,6,8,10H2,1-3H3. The molecule has 2 aromatic rings. The number of rotatable bonds is 5. The minimum atomic E-state index is 0.264. The van der Waals surface area contributed by atoms with Crippen LogP contribution < -0.4 is 5.32 Å². The molecule has 2 rings (SSSR count). The Bertz CT molecular complexity index is 465. The maximum absolute atomic E-state index is 4.03. The van der Waals surface area contributed by atoms with Gasteiger partial charge in [0.25, 0.3) is 0 Å². The van der Waals surface area contributed by atoms with E-state index in [4.69, 9.17) is 0 Å². The lowest BCUT2D eigenvalue weighted by Gasteiger charge is -2.15. The van der Waals surface area contributed by atoms with E-state index in [1.165, 1.54) is 9.75 Å². The van der Waals surface area contributed by atoms with Crippen molar-refractivity contribution >= 4 is 11.3 Å². The number of imidazole rings is 1. The quantitative estimate of drug-likeness (QED) is 0.840. The summed E-state index contributed by atoms with van der Waals surface area (Å²) in [6.45, 7) is 9.67. The van der Waals surface area contributed by atoms with Crippen molar-refractivity contribution in [3.05, 3.63) is 40.6 Å². The molecule has 0 fully saturated rings. The molecule has 0 radical (unpaired) electrons. The van der Waals surface area contributed by atoms with Gasteiger partial charge in [0.15, 0.2) is 0 Å². The second-order valence-corrected chi connectivity index (χ2v) is 6.66. The van der Waals surface area contributed by atoms with Crippen LogP contribution in [0.3, 0.4) is 0 Å². The summed E-state index contributed by atoms with van der Waals surface area (Å²) in [6.07, 6.45) is 5.66. The summed E-state index contributed by atoms with van der Waals surface area (Å²) in [6, 6.07) is 4.48. The first-order valence-electron chi connectivity index (χ1n) is 6.31. The van der Waals surface area contributed by atoms with Crippen LogP contribution in [0.1, 0.15) is 30.5 Å². The summed E-state index contributed by atoms with van der Waals surface area (Å²) in [5.74, 6) is 0. The fourth-order valence-electron chi connectivity index (χ4n) is 1.71. The molecule has 0 unspecified atom stereocenters. The normalized spacial score (nSPS) is 11.9. The topological polar surface area (TPSA) is 29.9 Å². The summed E-state index contributed by atoms with van der Waals surface area (Å²) in [4.78, 5) is 6.89. The molecule has 2 heterocycles. The summed E-state index contributed by atoms with van der Waals surface area (Å²) in [5.41, 5.74) is 0.264. The summed E-state index contributed by atoms with van der Waals surface area (Å²) in [7, 11) is 0. The van der Waals surface area contributed by atoms with Gasteiger partial charge in [-0.2, -0.15) is 0 Å². The summed E-state index contributed by atoms with van der Waals surface area (Å²) >= 11 is 1.91. The van der Waals surface area contributed by atoms with Crippen LogP contribution in [0.15, 0.2) is 30.9 Å². The molecule has 0 aliphatic carbocycles. The average molecular weight is 263 g/mol. The number of hydrogen-bond donors (Lipinski definition) is 1. The molecule has 0 bridgehead atoms. The van der Waals surface area contributed by atoms with Gasteiger partial charge in [0.05, 0.1) is 6.33 Å². The Kier molecular flexibility index (Phi) is 4.19. The van der Waals surface area contributed by atoms with Crippen molar-refractivity contribution in [2.75, 3.05) is 6.54 Å². The van der Waals surface area contributed by atoms with Gasteiger partial charge in [-0.1, -0.05) is 20.8 Å². The van der Waals surface area contributed by atoms with Crippen molar-refractivity contribution in [1.29, 1.82) is 0 Å². The highest BCUT2D eigenvalue weighted by Gasteiger charge is 2.15. The van der Waals surface area contributed by atoms with Crippen LogP contribution in [-0.4, -0.2) is 16.1 Å². The molecule has 0 aromatic carbocycles. The van der Waals surface area contributed by atoms with Crippen molar-refractivity contribution in [2.24, 2.45) is 0 Å². The van der Waals surface area contributed by atoms with Gasteiger partial charge in [-0.25, -0.2) is 4.98 Å². The van der Waals surface area contributed by atoms with Gasteiger partial charge in [0.1, 0.15) is 0 Å². The molecule has 0 amide bonds. The van der Waals surface area contributed by atoms with Crippen LogP contribution in [0.4, 0.5) is 0 Å². The number of nitrogens with zero attached hydrogens (tertiary/aromatic N) is 2. The minimum absolute atomic E-state index is 0.264. The van der Waals surface area contributed by atoms with Gasteiger partial charge in [-0.05, 0) is 17.5 Å². The molecule has 0 spiro atoms. The van der Waals surface area contributed by atoms with Gasteiger partial charge in [0.2, 0.25) is 0 Å². The van der Waals surface area contributed by atoms with Crippen molar-refractivity contribution < 1.29 is 0 Å². The molecular weight excluding hydrogens is 242 g/mol. The van der Waals surface area contributed by atoms with Gasteiger partial charge in [-0.15, -0.1) is 11.3 Å². The van der Waals surface area contributed by atoms with Crippen LogP contribution in [0.2, 0.25) is 0 Å². The van der Waals surface area contributed by atoms with E-state index >= 15 is 0 Å². The number of aromatic nitrogens is 2. The number of hydrogen-bond acceptors (Lipinski definition) is 3. The smallest absolute Gasteiger partial charge is 0.0946 e. The molecular formula is C14H21N3S. The second-order valence-electron chi connectivity index (χ2n) is 5.49. The fraction of sp³-hybridized carbons (Fsp3) is 0.500. The van der Waals surface area contributed by atoms with Crippen LogP contribution in [0.5, 0.6) is 0 Å². The van der Waals surface area contributed by atoms with Gasteiger partial charge >= 0.3 is 0 Å². The third kappa shape index (κ3) is 3.68. The SMILES string of the molecule is CC(C)(C)c1ccc(CNCCn2ccnc2)s1. The Labute approximate surface area is 113 Å². The van der Waals surface area contributed by atoms with Crippen LogP contribution in [0.25, 0.3) is 0 Å². The van der Waals surface area contributed by atoms with Gasteiger partial charge < -0.3 is 9.88 Å². The molecule has 0 atom stereocenters. The first-order chi connectivity index (χ1) is 8.55. The van der Waals surface area contributed by atoms with E-state index < -0.39 is 0 Å². The van der Waals surface area contributed by atoms with E-state index in [1.807, 2.05) is 30.1 Å². The Balaban J connectivity index is 1.75. The minimum Gasteiger partial charge on any atom is -0.336 e. The molecule has 0 aliphatic rings. The summed E-state index contributed by atoms with van der Waals surface area (Å²) in [5, 5.41) is 3.47. The summed E-state index contributed by atoms with van der Waals surface area (Å²) < 4.78 is 2.09. The predicted molar refractivity (Wildman–Crippen MR) is 77.0 cm³/mol. The van der Waals surface area contributed by atoms with Crippen LogP contribution in [-0.2, 0) is 18.5 Å². The lowest BCUT2D eigenvalue weighted by Crippen LogP contribution is -2.18. The average Bonchev–Trinajstić information content (AvgIpc) is 2.95. The van der Waals surface area contributed by atoms with Gasteiger partial charge in [-0.3, -0.25) is 0 Å². The Morgan fingerprint density at radius 1 is 1.33 bits per heavy atom. The van der Waals surface area contributed by atoms with E-state index in [1.54, 1.807) is 0 Å². The van der Waals surface area contributed by atoms with E-state index in [-0.39, 0.29) is 5.41 Å². The third-order valence-electron chi connectivity index (χ3n) is 2.81. The molecule has 0 saturated carbocycles.